The Kier molecular flexibility index (Phi) is 6.98. The SMILES string of the molecule is CC1(C)c2ccccc2-c2ccc(N(c3ccc(-c4ccccc4)cc3)c3ccc(-c4ccc5c(c4)C(C)(C)c4cc6oc7ccccc7c6cc4-5)cc3)cc21. The van der Waals surface area contributed by atoms with E-state index in [4.69, 9.17) is 4.42 Å². The molecule has 0 fully saturated rings. The molecule has 1 heterocycles. The van der Waals surface area contributed by atoms with Crippen LogP contribution in [0.3, 0.4) is 0 Å². The highest BCUT2D eigenvalue weighted by molar-refractivity contribution is 6.08. The van der Waals surface area contributed by atoms with Gasteiger partial charge >= 0.3 is 0 Å². The van der Waals surface area contributed by atoms with Gasteiger partial charge in [0, 0.05) is 38.7 Å². The summed E-state index contributed by atoms with van der Waals surface area (Å²) in [5, 5.41) is 2.35. The molecule has 0 aliphatic heterocycles. The van der Waals surface area contributed by atoms with E-state index in [0.29, 0.717) is 0 Å². The number of benzene rings is 8. The molecule has 2 aliphatic carbocycles. The Balaban J connectivity index is 0.983. The summed E-state index contributed by atoms with van der Waals surface area (Å²) >= 11 is 0. The van der Waals surface area contributed by atoms with Gasteiger partial charge in [0.05, 0.1) is 0 Å². The first kappa shape index (κ1) is 32.8. The molecule has 9 aromatic rings. The second-order valence-corrected chi connectivity index (χ2v) is 16.6. The molecule has 0 amide bonds. The van der Waals surface area contributed by atoms with Crippen LogP contribution in [0, 0.1) is 0 Å². The second kappa shape index (κ2) is 11.9. The Morgan fingerprint density at radius 3 is 1.62 bits per heavy atom. The molecule has 0 N–H and O–H groups in total. The van der Waals surface area contributed by atoms with Crippen LogP contribution in [0.1, 0.15) is 49.9 Å². The highest BCUT2D eigenvalue weighted by atomic mass is 16.3. The average Bonchev–Trinajstić information content (AvgIpc) is 3.80. The fourth-order valence-electron chi connectivity index (χ4n) is 9.65. The molecule has 8 aromatic carbocycles. The molecule has 268 valence electrons. The Hall–Kier alpha value is -6.64. The van der Waals surface area contributed by atoms with Gasteiger partial charge in [0.1, 0.15) is 11.2 Å². The predicted octanol–water partition coefficient (Wildman–Crippen LogP) is 15.0. The monoisotopic (exact) mass is 719 g/mol. The van der Waals surface area contributed by atoms with E-state index < -0.39 is 0 Å². The summed E-state index contributed by atoms with van der Waals surface area (Å²) in [7, 11) is 0. The summed E-state index contributed by atoms with van der Waals surface area (Å²) in [5.41, 5.74) is 20.6. The maximum Gasteiger partial charge on any atom is 0.135 e. The van der Waals surface area contributed by atoms with Gasteiger partial charge in [-0.05, 0) is 127 Å². The Morgan fingerprint density at radius 2 is 0.857 bits per heavy atom. The van der Waals surface area contributed by atoms with E-state index in [-0.39, 0.29) is 10.8 Å². The molecule has 2 heteroatoms. The normalized spacial score (nSPS) is 14.4. The number of anilines is 3. The zero-order valence-electron chi connectivity index (χ0n) is 32.1. The topological polar surface area (TPSA) is 16.4 Å². The van der Waals surface area contributed by atoms with E-state index >= 15 is 0 Å². The summed E-state index contributed by atoms with van der Waals surface area (Å²) < 4.78 is 6.33. The third kappa shape index (κ3) is 4.82. The van der Waals surface area contributed by atoms with Crippen molar-refractivity contribution >= 4 is 39.0 Å². The number of fused-ring (bicyclic) bond motifs is 9. The summed E-state index contributed by atoms with van der Waals surface area (Å²) in [4.78, 5) is 2.40. The van der Waals surface area contributed by atoms with Crippen molar-refractivity contribution in [2.24, 2.45) is 0 Å². The maximum absolute atomic E-state index is 6.33. The van der Waals surface area contributed by atoms with Crippen LogP contribution in [0.15, 0.2) is 180 Å². The molecule has 0 saturated heterocycles. The maximum atomic E-state index is 6.33. The summed E-state index contributed by atoms with van der Waals surface area (Å²) in [5.74, 6) is 0. The molecule has 2 aliphatic rings. The molecular formula is C54H41NO. The minimum atomic E-state index is -0.155. The lowest BCUT2D eigenvalue weighted by molar-refractivity contribution is 0.647. The van der Waals surface area contributed by atoms with Gasteiger partial charge < -0.3 is 9.32 Å². The van der Waals surface area contributed by atoms with Gasteiger partial charge in [0.2, 0.25) is 0 Å². The standard InChI is InChI=1S/C54H41NO/c1-53(2)47-16-10-8-14-41(47)42-29-27-40(31-49(42)53)55(38-23-18-35(19-24-38)34-12-6-5-7-13-34)39-25-20-36(21-26-39)37-22-28-43-45-32-46-44-15-9-11-17-51(44)56-52(46)33-50(45)54(3,4)48(43)30-37/h5-33H,1-4H3. The van der Waals surface area contributed by atoms with Crippen molar-refractivity contribution in [1.82, 2.24) is 0 Å². The smallest absolute Gasteiger partial charge is 0.135 e. The lowest BCUT2D eigenvalue weighted by Gasteiger charge is -2.28. The Labute approximate surface area is 328 Å². The summed E-state index contributed by atoms with van der Waals surface area (Å²) in [6.45, 7) is 9.39. The van der Waals surface area contributed by atoms with E-state index in [0.717, 1.165) is 28.2 Å². The lowest BCUT2D eigenvalue weighted by atomic mass is 9.81. The van der Waals surface area contributed by atoms with Crippen molar-refractivity contribution < 1.29 is 4.42 Å². The van der Waals surface area contributed by atoms with Gasteiger partial charge in [0.25, 0.3) is 0 Å². The number of furan rings is 1. The minimum absolute atomic E-state index is 0.0900. The largest absolute Gasteiger partial charge is 0.456 e. The molecule has 0 spiro atoms. The molecule has 11 rings (SSSR count). The van der Waals surface area contributed by atoms with Crippen LogP contribution >= 0.6 is 0 Å². The highest BCUT2D eigenvalue weighted by Crippen LogP contribution is 2.53. The zero-order chi connectivity index (χ0) is 37.8. The zero-order valence-corrected chi connectivity index (χ0v) is 32.1. The van der Waals surface area contributed by atoms with Crippen molar-refractivity contribution in [1.29, 1.82) is 0 Å². The number of nitrogens with zero attached hydrogens (tertiary/aromatic N) is 1. The molecule has 0 unspecified atom stereocenters. The van der Waals surface area contributed by atoms with Crippen LogP contribution in [0.4, 0.5) is 17.1 Å². The number of hydrogen-bond acceptors (Lipinski definition) is 2. The number of rotatable bonds is 5. The molecule has 0 saturated carbocycles. The van der Waals surface area contributed by atoms with Gasteiger partial charge in [-0.1, -0.05) is 143 Å². The second-order valence-electron chi connectivity index (χ2n) is 16.6. The molecule has 2 nitrogen and oxygen atoms in total. The molecule has 0 bridgehead atoms. The average molecular weight is 720 g/mol. The predicted molar refractivity (Wildman–Crippen MR) is 234 cm³/mol. The summed E-state index contributed by atoms with van der Waals surface area (Å²) in [6, 6.07) is 64.6. The van der Waals surface area contributed by atoms with E-state index in [9.17, 15) is 0 Å². The fourth-order valence-corrected chi connectivity index (χ4v) is 9.65. The van der Waals surface area contributed by atoms with Crippen LogP contribution in [0.25, 0.3) is 66.4 Å². The van der Waals surface area contributed by atoms with E-state index in [1.165, 1.54) is 77.5 Å². The fraction of sp³-hybridized carbons (Fsp3) is 0.111. The van der Waals surface area contributed by atoms with Gasteiger partial charge in [-0.25, -0.2) is 0 Å². The molecule has 56 heavy (non-hydrogen) atoms. The first-order chi connectivity index (χ1) is 27.3. The highest BCUT2D eigenvalue weighted by Gasteiger charge is 2.37. The van der Waals surface area contributed by atoms with Crippen LogP contribution in [0.2, 0.25) is 0 Å². The van der Waals surface area contributed by atoms with Crippen molar-refractivity contribution in [3.8, 4) is 44.5 Å². The first-order valence-electron chi connectivity index (χ1n) is 19.7. The van der Waals surface area contributed by atoms with Crippen LogP contribution in [-0.4, -0.2) is 0 Å². The lowest BCUT2D eigenvalue weighted by Crippen LogP contribution is -2.16. The van der Waals surface area contributed by atoms with Crippen molar-refractivity contribution in [2.75, 3.05) is 4.90 Å². The Bertz CT molecular complexity index is 3000. The van der Waals surface area contributed by atoms with Crippen molar-refractivity contribution in [3.63, 3.8) is 0 Å². The quantitative estimate of drug-likeness (QED) is 0.176. The van der Waals surface area contributed by atoms with Gasteiger partial charge in [0.15, 0.2) is 0 Å². The molecular weight excluding hydrogens is 679 g/mol. The van der Waals surface area contributed by atoms with Crippen LogP contribution in [-0.2, 0) is 10.8 Å². The number of para-hydroxylation sites is 1. The van der Waals surface area contributed by atoms with E-state index in [1.54, 1.807) is 0 Å². The van der Waals surface area contributed by atoms with Gasteiger partial charge in [-0.2, -0.15) is 0 Å². The minimum Gasteiger partial charge on any atom is -0.456 e. The van der Waals surface area contributed by atoms with Crippen molar-refractivity contribution in [2.45, 2.75) is 38.5 Å². The molecule has 0 radical (unpaired) electrons. The summed E-state index contributed by atoms with van der Waals surface area (Å²) in [6.07, 6.45) is 0. The van der Waals surface area contributed by atoms with E-state index in [2.05, 4.69) is 202 Å². The van der Waals surface area contributed by atoms with Crippen LogP contribution in [0.5, 0.6) is 0 Å². The van der Waals surface area contributed by atoms with Crippen molar-refractivity contribution in [3.05, 3.63) is 198 Å². The molecule has 1 aromatic heterocycles. The first-order valence-corrected chi connectivity index (χ1v) is 19.7. The Morgan fingerprint density at radius 1 is 0.339 bits per heavy atom. The van der Waals surface area contributed by atoms with Crippen LogP contribution < -0.4 is 4.90 Å². The molecule has 0 atom stereocenters. The third-order valence-corrected chi connectivity index (χ3v) is 12.7. The number of hydrogen-bond donors (Lipinski definition) is 0. The third-order valence-electron chi connectivity index (χ3n) is 12.7. The van der Waals surface area contributed by atoms with E-state index in [1.807, 2.05) is 6.07 Å². The van der Waals surface area contributed by atoms with Gasteiger partial charge in [-0.15, -0.1) is 0 Å². The van der Waals surface area contributed by atoms with Gasteiger partial charge in [-0.3, -0.25) is 0 Å².